The van der Waals surface area contributed by atoms with E-state index in [0.29, 0.717) is 16.5 Å². The molecular weight excluding hydrogens is 264 g/mol. The highest BCUT2D eigenvalue weighted by Gasteiger charge is 2.15. The third kappa shape index (κ3) is 2.01. The van der Waals surface area contributed by atoms with E-state index in [4.69, 9.17) is 0 Å². The molecule has 2 aromatic carbocycles. The summed E-state index contributed by atoms with van der Waals surface area (Å²) in [6.45, 7) is 0. The summed E-state index contributed by atoms with van der Waals surface area (Å²) >= 11 is 0. The van der Waals surface area contributed by atoms with Gasteiger partial charge < -0.3 is 5.32 Å². The number of rotatable bonds is 2. The molecule has 0 aliphatic rings. The summed E-state index contributed by atoms with van der Waals surface area (Å²) in [5.74, 6) is -2.24. The van der Waals surface area contributed by atoms with Gasteiger partial charge in [0.15, 0.2) is 0 Å². The minimum Gasteiger partial charge on any atom is -0.317 e. The zero-order valence-electron chi connectivity index (χ0n) is 10.2. The van der Waals surface area contributed by atoms with Crippen LogP contribution in [0.4, 0.5) is 14.5 Å². The number of para-hydroxylation sites is 1. The van der Waals surface area contributed by atoms with E-state index >= 15 is 0 Å². The Kier molecular flexibility index (Phi) is 2.90. The average Bonchev–Trinajstić information content (AvgIpc) is 2.91. The van der Waals surface area contributed by atoms with Gasteiger partial charge in [0.05, 0.1) is 17.3 Å². The Bertz CT molecular complexity index is 778. The van der Waals surface area contributed by atoms with Crippen LogP contribution in [-0.2, 0) is 0 Å². The van der Waals surface area contributed by atoms with Gasteiger partial charge in [0, 0.05) is 5.39 Å². The van der Waals surface area contributed by atoms with Crippen LogP contribution in [0.5, 0.6) is 0 Å². The third-order valence-electron chi connectivity index (χ3n) is 2.93. The van der Waals surface area contributed by atoms with Crippen LogP contribution in [0.15, 0.2) is 42.6 Å². The number of hydrogen-bond donors (Lipinski definition) is 2. The van der Waals surface area contributed by atoms with Crippen LogP contribution in [0.3, 0.4) is 0 Å². The fourth-order valence-electron chi connectivity index (χ4n) is 1.96. The fraction of sp³-hybridized carbons (Fsp3) is 0. The first kappa shape index (κ1) is 12.3. The molecule has 3 rings (SSSR count). The van der Waals surface area contributed by atoms with Crippen LogP contribution in [0.2, 0.25) is 0 Å². The Morgan fingerprint density at radius 2 is 1.80 bits per heavy atom. The van der Waals surface area contributed by atoms with Crippen molar-refractivity contribution in [2.45, 2.75) is 0 Å². The number of carbonyl (C=O) groups excluding carboxylic acids is 1. The first-order valence-electron chi connectivity index (χ1n) is 5.84. The molecule has 0 saturated carbocycles. The molecule has 0 unspecified atom stereocenters. The molecule has 0 atom stereocenters. The van der Waals surface area contributed by atoms with Gasteiger partial charge in [-0.3, -0.25) is 9.89 Å². The van der Waals surface area contributed by atoms with Crippen molar-refractivity contribution >= 4 is 22.5 Å². The second-order valence-corrected chi connectivity index (χ2v) is 4.19. The molecule has 0 spiro atoms. The summed E-state index contributed by atoms with van der Waals surface area (Å²) in [6, 6.07) is 8.37. The minimum atomic E-state index is -0.822. The molecule has 4 nitrogen and oxygen atoms in total. The number of aromatic nitrogens is 2. The third-order valence-corrected chi connectivity index (χ3v) is 2.93. The quantitative estimate of drug-likeness (QED) is 0.753. The number of amides is 1. The Morgan fingerprint density at radius 3 is 2.55 bits per heavy atom. The van der Waals surface area contributed by atoms with Gasteiger partial charge in [0.1, 0.15) is 17.3 Å². The Morgan fingerprint density at radius 1 is 1.10 bits per heavy atom. The summed E-state index contributed by atoms with van der Waals surface area (Å²) < 4.78 is 27.0. The van der Waals surface area contributed by atoms with Gasteiger partial charge in [-0.05, 0) is 24.3 Å². The summed E-state index contributed by atoms with van der Waals surface area (Å²) in [7, 11) is 0. The van der Waals surface area contributed by atoms with E-state index in [1.54, 1.807) is 18.2 Å². The topological polar surface area (TPSA) is 57.8 Å². The minimum absolute atomic E-state index is 0.291. The van der Waals surface area contributed by atoms with Crippen molar-refractivity contribution in [3.05, 3.63) is 59.8 Å². The van der Waals surface area contributed by atoms with Crippen molar-refractivity contribution in [3.63, 3.8) is 0 Å². The number of hydrogen-bond acceptors (Lipinski definition) is 2. The lowest BCUT2D eigenvalue weighted by molar-refractivity contribution is 0.102. The molecule has 0 bridgehead atoms. The van der Waals surface area contributed by atoms with Gasteiger partial charge in [-0.1, -0.05) is 12.1 Å². The highest BCUT2D eigenvalue weighted by molar-refractivity contribution is 6.12. The number of aromatic amines is 1. The van der Waals surface area contributed by atoms with E-state index in [9.17, 15) is 13.6 Å². The molecule has 1 amide bonds. The van der Waals surface area contributed by atoms with Crippen LogP contribution >= 0.6 is 0 Å². The van der Waals surface area contributed by atoms with E-state index < -0.39 is 23.2 Å². The lowest BCUT2D eigenvalue weighted by Gasteiger charge is -2.08. The maximum atomic E-state index is 13.5. The molecule has 0 fully saturated rings. The van der Waals surface area contributed by atoms with Crippen molar-refractivity contribution in [2.24, 2.45) is 0 Å². The maximum absolute atomic E-state index is 13.5. The van der Waals surface area contributed by atoms with Crippen LogP contribution in [0.25, 0.3) is 10.9 Å². The van der Waals surface area contributed by atoms with E-state index in [2.05, 4.69) is 15.5 Å². The Hall–Kier alpha value is -2.76. The van der Waals surface area contributed by atoms with Crippen molar-refractivity contribution in [2.75, 3.05) is 5.32 Å². The lowest BCUT2D eigenvalue weighted by Crippen LogP contribution is -2.14. The summed E-state index contributed by atoms with van der Waals surface area (Å²) in [5, 5.41) is 9.39. The summed E-state index contributed by atoms with van der Waals surface area (Å²) in [5.41, 5.74) is 0.503. The van der Waals surface area contributed by atoms with E-state index in [0.717, 1.165) is 12.1 Å². The summed E-state index contributed by atoms with van der Waals surface area (Å²) in [4.78, 5) is 12.1. The fourth-order valence-corrected chi connectivity index (χ4v) is 1.96. The number of halogens is 2. The highest BCUT2D eigenvalue weighted by atomic mass is 19.1. The van der Waals surface area contributed by atoms with Gasteiger partial charge in [-0.15, -0.1) is 0 Å². The lowest BCUT2D eigenvalue weighted by atomic mass is 10.1. The molecule has 100 valence electrons. The molecule has 6 heteroatoms. The number of anilines is 1. The van der Waals surface area contributed by atoms with Gasteiger partial charge >= 0.3 is 0 Å². The molecule has 20 heavy (non-hydrogen) atoms. The second kappa shape index (κ2) is 4.73. The predicted molar refractivity (Wildman–Crippen MR) is 70.4 cm³/mol. The highest BCUT2D eigenvalue weighted by Crippen LogP contribution is 2.21. The zero-order chi connectivity index (χ0) is 14.1. The molecule has 0 aliphatic heterocycles. The molecule has 1 heterocycles. The SMILES string of the molecule is O=C(Nc1c(F)cccc1F)c1cccc2[nH]ncc12. The van der Waals surface area contributed by atoms with E-state index in [1.807, 2.05) is 0 Å². The molecule has 3 aromatic rings. The van der Waals surface area contributed by atoms with Crippen LogP contribution in [0.1, 0.15) is 10.4 Å². The average molecular weight is 273 g/mol. The van der Waals surface area contributed by atoms with Crippen molar-refractivity contribution < 1.29 is 13.6 Å². The van der Waals surface area contributed by atoms with Crippen LogP contribution in [0, 0.1) is 11.6 Å². The Labute approximate surface area is 112 Å². The first-order chi connectivity index (χ1) is 9.66. The standard InChI is InChI=1S/C14H9F2N3O/c15-10-4-2-5-11(16)13(10)18-14(20)8-3-1-6-12-9(8)7-17-19-12/h1-7H,(H,17,19)(H,18,20). The van der Waals surface area contributed by atoms with Gasteiger partial charge in [0.25, 0.3) is 5.91 Å². The number of nitrogens with one attached hydrogen (secondary N) is 2. The van der Waals surface area contributed by atoms with Crippen molar-refractivity contribution in [3.8, 4) is 0 Å². The second-order valence-electron chi connectivity index (χ2n) is 4.19. The van der Waals surface area contributed by atoms with Crippen LogP contribution < -0.4 is 5.32 Å². The van der Waals surface area contributed by atoms with Crippen molar-refractivity contribution in [1.82, 2.24) is 10.2 Å². The smallest absolute Gasteiger partial charge is 0.256 e. The van der Waals surface area contributed by atoms with Crippen molar-refractivity contribution in [1.29, 1.82) is 0 Å². The Balaban J connectivity index is 2.00. The monoisotopic (exact) mass is 273 g/mol. The van der Waals surface area contributed by atoms with Gasteiger partial charge in [-0.2, -0.15) is 5.10 Å². The van der Waals surface area contributed by atoms with Crippen LogP contribution in [-0.4, -0.2) is 16.1 Å². The van der Waals surface area contributed by atoms with Gasteiger partial charge in [-0.25, -0.2) is 8.78 Å². The predicted octanol–water partition coefficient (Wildman–Crippen LogP) is 3.09. The molecule has 0 aliphatic carbocycles. The maximum Gasteiger partial charge on any atom is 0.256 e. The normalized spacial score (nSPS) is 10.7. The number of nitrogens with zero attached hydrogens (tertiary/aromatic N) is 1. The molecular formula is C14H9F2N3O. The molecule has 0 radical (unpaired) electrons. The van der Waals surface area contributed by atoms with Gasteiger partial charge in [0.2, 0.25) is 0 Å². The first-order valence-corrected chi connectivity index (χ1v) is 5.84. The van der Waals surface area contributed by atoms with E-state index in [-0.39, 0.29) is 0 Å². The molecule has 1 aromatic heterocycles. The van der Waals surface area contributed by atoms with E-state index in [1.165, 1.54) is 12.3 Å². The molecule has 2 N–H and O–H groups in total. The number of carbonyl (C=O) groups is 1. The number of benzene rings is 2. The molecule has 0 saturated heterocycles. The summed E-state index contributed by atoms with van der Waals surface area (Å²) in [6.07, 6.45) is 1.49. The number of H-pyrrole nitrogens is 1. The number of fused-ring (bicyclic) bond motifs is 1. The zero-order valence-corrected chi connectivity index (χ0v) is 10.2. The largest absolute Gasteiger partial charge is 0.317 e.